The van der Waals surface area contributed by atoms with Gasteiger partial charge < -0.3 is 0 Å². The summed E-state index contributed by atoms with van der Waals surface area (Å²) in [7, 11) is -3.12. The fraction of sp³-hybridized carbons (Fsp3) is 0.647. The van der Waals surface area contributed by atoms with Crippen molar-refractivity contribution in [2.75, 3.05) is 38.5 Å². The highest BCUT2D eigenvalue weighted by Crippen LogP contribution is 2.09. The SMILES string of the molecule is CCCS(=O)(=O)N[C@@H](C)CN1CCN(Cc2ccccc2)CC1. The molecule has 0 saturated carbocycles. The number of rotatable bonds is 8. The number of nitrogens with zero attached hydrogens (tertiary/aromatic N) is 2. The van der Waals surface area contributed by atoms with Crippen molar-refractivity contribution in [1.29, 1.82) is 0 Å². The molecule has 0 spiro atoms. The van der Waals surface area contributed by atoms with Gasteiger partial charge in [0.2, 0.25) is 10.0 Å². The lowest BCUT2D eigenvalue weighted by atomic mass is 10.2. The molecule has 5 nitrogen and oxygen atoms in total. The zero-order valence-electron chi connectivity index (χ0n) is 14.2. The van der Waals surface area contributed by atoms with E-state index in [4.69, 9.17) is 0 Å². The van der Waals surface area contributed by atoms with Crippen LogP contribution in [-0.2, 0) is 16.6 Å². The third-order valence-corrected chi connectivity index (χ3v) is 5.81. The van der Waals surface area contributed by atoms with E-state index in [1.165, 1.54) is 5.56 Å². The van der Waals surface area contributed by atoms with Crippen LogP contribution in [0.5, 0.6) is 0 Å². The number of piperazine rings is 1. The highest BCUT2D eigenvalue weighted by Gasteiger charge is 2.20. The van der Waals surface area contributed by atoms with Crippen LogP contribution in [0.2, 0.25) is 0 Å². The van der Waals surface area contributed by atoms with Crippen LogP contribution in [0.1, 0.15) is 25.8 Å². The molecule has 0 radical (unpaired) electrons. The minimum atomic E-state index is -3.12. The zero-order chi connectivity index (χ0) is 16.7. The molecule has 1 aromatic rings. The summed E-state index contributed by atoms with van der Waals surface area (Å²) in [5.41, 5.74) is 1.35. The highest BCUT2D eigenvalue weighted by molar-refractivity contribution is 7.89. The molecule has 0 unspecified atom stereocenters. The molecule has 0 amide bonds. The summed E-state index contributed by atoms with van der Waals surface area (Å²) in [5.74, 6) is 0.211. The van der Waals surface area contributed by atoms with E-state index < -0.39 is 10.0 Å². The third-order valence-electron chi connectivity index (χ3n) is 4.10. The van der Waals surface area contributed by atoms with Crippen LogP contribution in [0.3, 0.4) is 0 Å². The van der Waals surface area contributed by atoms with Crippen LogP contribution in [0.4, 0.5) is 0 Å². The molecule has 1 N–H and O–H groups in total. The Bertz CT molecular complexity index is 554. The van der Waals surface area contributed by atoms with Gasteiger partial charge in [-0.1, -0.05) is 37.3 Å². The van der Waals surface area contributed by atoms with Gasteiger partial charge in [-0.05, 0) is 18.9 Å². The number of hydrogen-bond donors (Lipinski definition) is 1. The van der Waals surface area contributed by atoms with Gasteiger partial charge >= 0.3 is 0 Å². The largest absolute Gasteiger partial charge is 0.299 e. The van der Waals surface area contributed by atoms with E-state index in [1.54, 1.807) is 0 Å². The second-order valence-electron chi connectivity index (χ2n) is 6.40. The average molecular weight is 340 g/mol. The van der Waals surface area contributed by atoms with Crippen molar-refractivity contribution in [3.05, 3.63) is 35.9 Å². The molecule has 23 heavy (non-hydrogen) atoms. The molecule has 2 rings (SSSR count). The molecule has 1 fully saturated rings. The summed E-state index contributed by atoms with van der Waals surface area (Å²) in [6, 6.07) is 10.5. The summed E-state index contributed by atoms with van der Waals surface area (Å²) in [4.78, 5) is 4.80. The first-order valence-electron chi connectivity index (χ1n) is 8.47. The van der Waals surface area contributed by atoms with E-state index in [0.717, 1.165) is 39.3 Å². The summed E-state index contributed by atoms with van der Waals surface area (Å²) in [5, 5.41) is 0. The summed E-state index contributed by atoms with van der Waals surface area (Å²) in [6.07, 6.45) is 0.653. The topological polar surface area (TPSA) is 52.7 Å². The van der Waals surface area contributed by atoms with Crippen molar-refractivity contribution >= 4 is 10.0 Å². The van der Waals surface area contributed by atoms with E-state index in [-0.39, 0.29) is 11.8 Å². The quantitative estimate of drug-likeness (QED) is 0.780. The van der Waals surface area contributed by atoms with E-state index >= 15 is 0 Å². The Morgan fingerprint density at radius 1 is 1.09 bits per heavy atom. The van der Waals surface area contributed by atoms with Gasteiger partial charge in [0.15, 0.2) is 0 Å². The molecule has 1 atom stereocenters. The van der Waals surface area contributed by atoms with Crippen molar-refractivity contribution in [3.63, 3.8) is 0 Å². The van der Waals surface area contributed by atoms with Crippen molar-refractivity contribution in [1.82, 2.24) is 14.5 Å². The van der Waals surface area contributed by atoms with E-state index in [9.17, 15) is 8.42 Å². The molecule has 0 aromatic heterocycles. The van der Waals surface area contributed by atoms with Gasteiger partial charge in [-0.3, -0.25) is 9.80 Å². The van der Waals surface area contributed by atoms with Crippen LogP contribution in [0.25, 0.3) is 0 Å². The second-order valence-corrected chi connectivity index (χ2v) is 8.27. The predicted molar refractivity (Wildman–Crippen MR) is 94.8 cm³/mol. The fourth-order valence-electron chi connectivity index (χ4n) is 3.03. The van der Waals surface area contributed by atoms with Crippen molar-refractivity contribution in [2.45, 2.75) is 32.9 Å². The van der Waals surface area contributed by atoms with Gasteiger partial charge in [-0.25, -0.2) is 13.1 Å². The van der Waals surface area contributed by atoms with Gasteiger partial charge in [0, 0.05) is 45.3 Å². The molecular formula is C17H29N3O2S. The number of sulfonamides is 1. The minimum Gasteiger partial charge on any atom is -0.299 e. The van der Waals surface area contributed by atoms with Crippen LogP contribution >= 0.6 is 0 Å². The zero-order valence-corrected chi connectivity index (χ0v) is 15.1. The van der Waals surface area contributed by atoms with E-state index in [0.29, 0.717) is 6.42 Å². The smallest absolute Gasteiger partial charge is 0.211 e. The Hall–Kier alpha value is -0.950. The molecule has 1 aliphatic rings. The molecule has 130 valence electrons. The van der Waals surface area contributed by atoms with Gasteiger partial charge in [0.25, 0.3) is 0 Å². The molecule has 1 heterocycles. The van der Waals surface area contributed by atoms with Crippen LogP contribution < -0.4 is 4.72 Å². The second kappa shape index (κ2) is 8.78. The lowest BCUT2D eigenvalue weighted by Gasteiger charge is -2.36. The molecule has 6 heteroatoms. The molecular weight excluding hydrogens is 310 g/mol. The Labute approximate surface area is 140 Å². The molecule has 0 bridgehead atoms. The molecule has 1 aliphatic heterocycles. The van der Waals surface area contributed by atoms with Gasteiger partial charge in [-0.15, -0.1) is 0 Å². The molecule has 0 aliphatic carbocycles. The van der Waals surface area contributed by atoms with Crippen molar-refractivity contribution in [3.8, 4) is 0 Å². The first-order chi connectivity index (χ1) is 11.0. The summed E-state index contributed by atoms with van der Waals surface area (Å²) in [6.45, 7) is 9.65. The fourth-order valence-corrected chi connectivity index (χ4v) is 4.37. The van der Waals surface area contributed by atoms with Gasteiger partial charge in [0.1, 0.15) is 0 Å². The molecule has 1 saturated heterocycles. The number of benzene rings is 1. The standard InChI is InChI=1S/C17H29N3O2S/c1-3-13-23(21,22)18-16(2)14-19-9-11-20(12-10-19)15-17-7-5-4-6-8-17/h4-8,16,18H,3,9-15H2,1-2H3/t16-/m0/s1. The minimum absolute atomic E-state index is 0.0350. The maximum absolute atomic E-state index is 11.8. The van der Waals surface area contributed by atoms with Crippen LogP contribution in [0, 0.1) is 0 Å². The molecule has 1 aromatic carbocycles. The van der Waals surface area contributed by atoms with Crippen molar-refractivity contribution < 1.29 is 8.42 Å². The average Bonchev–Trinajstić information content (AvgIpc) is 2.49. The maximum Gasteiger partial charge on any atom is 0.211 e. The number of hydrogen-bond acceptors (Lipinski definition) is 4. The van der Waals surface area contributed by atoms with Gasteiger partial charge in [0.05, 0.1) is 5.75 Å². The highest BCUT2D eigenvalue weighted by atomic mass is 32.2. The normalized spacial score (nSPS) is 18.9. The third kappa shape index (κ3) is 6.59. The predicted octanol–water partition coefficient (Wildman–Crippen LogP) is 1.52. The monoisotopic (exact) mass is 339 g/mol. The van der Waals surface area contributed by atoms with Crippen LogP contribution in [0.15, 0.2) is 30.3 Å². The van der Waals surface area contributed by atoms with E-state index in [2.05, 4.69) is 38.8 Å². The first kappa shape index (κ1) is 18.4. The lowest BCUT2D eigenvalue weighted by molar-refractivity contribution is 0.122. The van der Waals surface area contributed by atoms with Crippen molar-refractivity contribution in [2.24, 2.45) is 0 Å². The van der Waals surface area contributed by atoms with E-state index in [1.807, 2.05) is 19.9 Å². The lowest BCUT2D eigenvalue weighted by Crippen LogP contribution is -2.50. The summed E-state index contributed by atoms with van der Waals surface area (Å²) >= 11 is 0. The summed E-state index contributed by atoms with van der Waals surface area (Å²) < 4.78 is 26.4. The van der Waals surface area contributed by atoms with Gasteiger partial charge in [-0.2, -0.15) is 0 Å². The first-order valence-corrected chi connectivity index (χ1v) is 10.1. The maximum atomic E-state index is 11.8. The number of nitrogens with one attached hydrogen (secondary N) is 1. The Morgan fingerprint density at radius 2 is 1.70 bits per heavy atom. The Morgan fingerprint density at radius 3 is 2.30 bits per heavy atom. The van der Waals surface area contributed by atoms with Crippen LogP contribution in [-0.4, -0.2) is 62.7 Å². The Balaban J connectivity index is 1.72. The Kier molecular flexibility index (Phi) is 7.02.